The van der Waals surface area contributed by atoms with Gasteiger partial charge in [-0.1, -0.05) is 13.8 Å². The van der Waals surface area contributed by atoms with Crippen molar-refractivity contribution in [1.82, 2.24) is 4.72 Å². The predicted octanol–water partition coefficient (Wildman–Crippen LogP) is 0.713. The molecule has 1 amide bonds. The Kier molecular flexibility index (Phi) is 4.62. The number of rotatable bonds is 5. The number of aliphatic carboxylic acids is 1. The molecule has 3 N–H and O–H groups in total. The monoisotopic (exact) mass is 342 g/mol. The lowest BCUT2D eigenvalue weighted by atomic mass is 10.1. The Balaban J connectivity index is 2.40. The normalized spacial score (nSPS) is 15.6. The zero-order chi connectivity index (χ0) is 17.4. The van der Waals surface area contributed by atoms with Gasteiger partial charge in [0.05, 0.1) is 10.6 Å². The van der Waals surface area contributed by atoms with E-state index in [2.05, 4.69) is 10.0 Å². The maximum atomic E-state index is 12.5. The molecule has 0 saturated carbocycles. The van der Waals surface area contributed by atoms with Crippen LogP contribution in [-0.4, -0.2) is 38.0 Å². The van der Waals surface area contributed by atoms with E-state index >= 15 is 0 Å². The number of carbonyl (C=O) groups excluding carboxylic acids is 1. The second-order valence-electron chi connectivity index (χ2n) is 5.63. The van der Waals surface area contributed by atoms with Crippen LogP contribution in [0.1, 0.15) is 19.4 Å². The van der Waals surface area contributed by atoms with E-state index in [9.17, 15) is 18.0 Å². The average molecular weight is 342 g/mol. The lowest BCUT2D eigenvalue weighted by Crippen LogP contribution is -2.44. The largest absolute Gasteiger partial charge is 0.482 e. The highest BCUT2D eigenvalue weighted by molar-refractivity contribution is 7.89. The van der Waals surface area contributed by atoms with E-state index in [0.717, 1.165) is 0 Å². The van der Waals surface area contributed by atoms with Crippen LogP contribution in [0.15, 0.2) is 17.0 Å². The third-order valence-corrected chi connectivity index (χ3v) is 5.00. The number of carbonyl (C=O) groups is 2. The minimum Gasteiger partial charge on any atom is -0.482 e. The molecule has 126 valence electrons. The molecule has 9 heteroatoms. The number of carboxylic acid groups (broad SMARTS) is 1. The molecule has 0 fully saturated rings. The van der Waals surface area contributed by atoms with Crippen molar-refractivity contribution in [3.05, 3.63) is 17.7 Å². The standard InChI is InChI=1S/C14H18N2O6S/c1-7(2)13(14(18)19)16-23(20,21)11-5-10-9(4-8(11)3)15-12(17)6-22-10/h4-5,7,13,16H,6H2,1-3H3,(H,15,17)(H,18,19). The van der Waals surface area contributed by atoms with Crippen LogP contribution in [0.25, 0.3) is 0 Å². The number of aryl methyl sites for hydroxylation is 1. The minimum absolute atomic E-state index is 0.0840. The third kappa shape index (κ3) is 3.62. The Morgan fingerprint density at radius 2 is 2.04 bits per heavy atom. The summed E-state index contributed by atoms with van der Waals surface area (Å²) in [4.78, 5) is 22.4. The van der Waals surface area contributed by atoms with Gasteiger partial charge in [-0.2, -0.15) is 4.72 Å². The van der Waals surface area contributed by atoms with Crippen LogP contribution in [0.3, 0.4) is 0 Å². The molecule has 0 bridgehead atoms. The molecule has 0 aliphatic carbocycles. The first-order valence-corrected chi connectivity index (χ1v) is 8.42. The summed E-state index contributed by atoms with van der Waals surface area (Å²) in [6.07, 6.45) is 0. The van der Waals surface area contributed by atoms with Gasteiger partial charge in [0, 0.05) is 6.07 Å². The van der Waals surface area contributed by atoms with E-state index in [1.54, 1.807) is 20.8 Å². The first-order chi connectivity index (χ1) is 10.6. The summed E-state index contributed by atoms with van der Waals surface area (Å²) < 4.78 is 32.4. The van der Waals surface area contributed by atoms with E-state index in [1.807, 2.05) is 0 Å². The lowest BCUT2D eigenvalue weighted by molar-refractivity contribution is -0.140. The molecule has 1 heterocycles. The van der Waals surface area contributed by atoms with Crippen molar-refractivity contribution in [3.63, 3.8) is 0 Å². The van der Waals surface area contributed by atoms with Crippen molar-refractivity contribution in [2.45, 2.75) is 31.7 Å². The van der Waals surface area contributed by atoms with Crippen LogP contribution < -0.4 is 14.8 Å². The molecule has 23 heavy (non-hydrogen) atoms. The second-order valence-corrected chi connectivity index (χ2v) is 7.31. The molecule has 2 rings (SSSR count). The minimum atomic E-state index is -4.05. The zero-order valence-electron chi connectivity index (χ0n) is 12.9. The fourth-order valence-electron chi connectivity index (χ4n) is 2.21. The maximum absolute atomic E-state index is 12.5. The van der Waals surface area contributed by atoms with Crippen LogP contribution in [0.5, 0.6) is 5.75 Å². The molecule has 1 unspecified atom stereocenters. The lowest BCUT2D eigenvalue weighted by Gasteiger charge is -2.22. The number of amides is 1. The fourth-order valence-corrected chi connectivity index (χ4v) is 3.79. The molecular weight excluding hydrogens is 324 g/mol. The molecule has 0 radical (unpaired) electrons. The van der Waals surface area contributed by atoms with Gasteiger partial charge in [-0.3, -0.25) is 9.59 Å². The van der Waals surface area contributed by atoms with Gasteiger partial charge in [0.2, 0.25) is 10.0 Å². The van der Waals surface area contributed by atoms with Crippen molar-refractivity contribution >= 4 is 27.6 Å². The van der Waals surface area contributed by atoms with Crippen LogP contribution in [0, 0.1) is 12.8 Å². The second kappa shape index (κ2) is 6.17. The number of nitrogens with one attached hydrogen (secondary N) is 2. The van der Waals surface area contributed by atoms with Gasteiger partial charge >= 0.3 is 5.97 Å². The van der Waals surface area contributed by atoms with Crippen molar-refractivity contribution in [1.29, 1.82) is 0 Å². The Labute approximate surface area is 133 Å². The SMILES string of the molecule is Cc1cc2c(cc1S(=O)(=O)NC(C(=O)O)C(C)C)OCC(=O)N2. The average Bonchev–Trinajstić information content (AvgIpc) is 2.43. The highest BCUT2D eigenvalue weighted by atomic mass is 32.2. The number of anilines is 1. The van der Waals surface area contributed by atoms with Crippen LogP contribution >= 0.6 is 0 Å². The molecule has 1 aromatic rings. The van der Waals surface area contributed by atoms with Crippen LogP contribution in [0.4, 0.5) is 5.69 Å². The number of hydrogen-bond donors (Lipinski definition) is 3. The number of hydrogen-bond acceptors (Lipinski definition) is 5. The highest BCUT2D eigenvalue weighted by Gasteiger charge is 2.30. The van der Waals surface area contributed by atoms with Crippen molar-refractivity contribution in [2.24, 2.45) is 5.92 Å². The third-order valence-electron chi connectivity index (χ3n) is 3.41. The molecule has 1 aliphatic heterocycles. The van der Waals surface area contributed by atoms with E-state index in [1.165, 1.54) is 12.1 Å². The van der Waals surface area contributed by atoms with Crippen molar-refractivity contribution < 1.29 is 27.9 Å². The van der Waals surface area contributed by atoms with E-state index in [-0.39, 0.29) is 23.2 Å². The summed E-state index contributed by atoms with van der Waals surface area (Å²) in [7, 11) is -4.05. The van der Waals surface area contributed by atoms with E-state index < -0.39 is 28.0 Å². The number of ether oxygens (including phenoxy) is 1. The van der Waals surface area contributed by atoms with Gasteiger partial charge in [0.15, 0.2) is 6.61 Å². The smallest absolute Gasteiger partial charge is 0.322 e. The van der Waals surface area contributed by atoms with Gasteiger partial charge in [0.25, 0.3) is 5.91 Å². The van der Waals surface area contributed by atoms with Gasteiger partial charge in [-0.25, -0.2) is 8.42 Å². The summed E-state index contributed by atoms with van der Waals surface area (Å²) in [6.45, 7) is 4.58. The van der Waals surface area contributed by atoms with E-state index in [4.69, 9.17) is 9.84 Å². The Bertz CT molecular complexity index is 757. The topological polar surface area (TPSA) is 122 Å². The number of carboxylic acids is 1. The van der Waals surface area contributed by atoms with Crippen LogP contribution in [-0.2, 0) is 19.6 Å². The molecule has 0 saturated heterocycles. The van der Waals surface area contributed by atoms with Gasteiger partial charge in [-0.15, -0.1) is 0 Å². The highest BCUT2D eigenvalue weighted by Crippen LogP contribution is 2.33. The molecule has 0 aromatic heterocycles. The first kappa shape index (κ1) is 17.2. The summed E-state index contributed by atoms with van der Waals surface area (Å²) in [5.41, 5.74) is 0.756. The first-order valence-electron chi connectivity index (χ1n) is 6.94. The quantitative estimate of drug-likeness (QED) is 0.724. The van der Waals surface area contributed by atoms with E-state index in [0.29, 0.717) is 11.3 Å². The molecule has 0 spiro atoms. The molecule has 8 nitrogen and oxygen atoms in total. The Morgan fingerprint density at radius 3 is 2.61 bits per heavy atom. The number of benzene rings is 1. The van der Waals surface area contributed by atoms with Gasteiger partial charge in [-0.05, 0) is 24.5 Å². The molecular formula is C14H18N2O6S. The summed E-state index contributed by atoms with van der Waals surface area (Å²) >= 11 is 0. The van der Waals surface area contributed by atoms with Crippen molar-refractivity contribution in [2.75, 3.05) is 11.9 Å². The fraction of sp³-hybridized carbons (Fsp3) is 0.429. The number of fused-ring (bicyclic) bond motifs is 1. The summed E-state index contributed by atoms with van der Waals surface area (Å²) in [5, 5.41) is 11.7. The maximum Gasteiger partial charge on any atom is 0.322 e. The van der Waals surface area contributed by atoms with Crippen molar-refractivity contribution in [3.8, 4) is 5.75 Å². The van der Waals surface area contributed by atoms with Gasteiger partial charge < -0.3 is 15.2 Å². The summed E-state index contributed by atoms with van der Waals surface area (Å²) in [5.74, 6) is -1.76. The number of sulfonamides is 1. The predicted molar refractivity (Wildman–Crippen MR) is 81.9 cm³/mol. The Hall–Kier alpha value is -2.13. The Morgan fingerprint density at radius 1 is 1.39 bits per heavy atom. The molecule has 1 aliphatic rings. The van der Waals surface area contributed by atoms with Crippen LogP contribution in [0.2, 0.25) is 0 Å². The zero-order valence-corrected chi connectivity index (χ0v) is 13.7. The molecule has 1 atom stereocenters. The van der Waals surface area contributed by atoms with Gasteiger partial charge in [0.1, 0.15) is 11.8 Å². The molecule has 1 aromatic carbocycles. The summed E-state index contributed by atoms with van der Waals surface area (Å²) in [6, 6.07) is 1.52.